The molecule has 1 heterocycles. The second-order valence-electron chi connectivity index (χ2n) is 5.10. The molecule has 0 atom stereocenters. The Morgan fingerprint density at radius 3 is 2.35 bits per heavy atom. The Hall–Kier alpha value is -1.84. The maximum atomic E-state index is 9.18. The molecule has 2 rings (SSSR count). The number of hydrogen-bond acceptors (Lipinski definition) is 4. The fourth-order valence-corrected chi connectivity index (χ4v) is 1.42. The van der Waals surface area contributed by atoms with Gasteiger partial charge in [0.05, 0.1) is 6.42 Å². The van der Waals surface area contributed by atoms with Crippen molar-refractivity contribution in [1.82, 2.24) is 10.1 Å². The summed E-state index contributed by atoms with van der Waals surface area (Å²) in [6.07, 6.45) is 0.587. The van der Waals surface area contributed by atoms with Gasteiger partial charge in [-0.2, -0.15) is 4.98 Å². The monoisotopic (exact) mass is 232 g/mol. The van der Waals surface area contributed by atoms with Gasteiger partial charge in [0.2, 0.25) is 5.89 Å². The zero-order chi connectivity index (χ0) is 12.5. The molecule has 2 aromatic rings. The summed E-state index contributed by atoms with van der Waals surface area (Å²) in [7, 11) is 0. The molecule has 0 saturated carbocycles. The third kappa shape index (κ3) is 2.84. The van der Waals surface area contributed by atoms with Crippen molar-refractivity contribution < 1.29 is 9.63 Å². The van der Waals surface area contributed by atoms with Gasteiger partial charge in [-0.1, -0.05) is 38.1 Å². The van der Waals surface area contributed by atoms with Crippen LogP contribution in [0.1, 0.15) is 38.0 Å². The molecule has 0 unspecified atom stereocenters. The fourth-order valence-electron chi connectivity index (χ4n) is 1.42. The molecule has 0 saturated heterocycles. The minimum absolute atomic E-state index is 0.100. The highest BCUT2D eigenvalue weighted by Crippen LogP contribution is 2.19. The van der Waals surface area contributed by atoms with E-state index in [4.69, 9.17) is 4.52 Å². The van der Waals surface area contributed by atoms with E-state index < -0.39 is 0 Å². The number of aromatic hydroxyl groups is 1. The lowest BCUT2D eigenvalue weighted by Crippen LogP contribution is -2.13. The van der Waals surface area contributed by atoms with Crippen molar-refractivity contribution >= 4 is 0 Å². The number of aromatic nitrogens is 2. The second-order valence-corrected chi connectivity index (χ2v) is 5.10. The molecule has 1 N–H and O–H groups in total. The predicted octanol–water partition coefficient (Wildman–Crippen LogP) is 2.66. The van der Waals surface area contributed by atoms with Gasteiger partial charge in [0.1, 0.15) is 5.75 Å². The van der Waals surface area contributed by atoms with Crippen LogP contribution in [0.15, 0.2) is 28.8 Å². The molecule has 0 amide bonds. The third-order valence-electron chi connectivity index (χ3n) is 2.43. The van der Waals surface area contributed by atoms with E-state index in [1.54, 1.807) is 12.1 Å². The van der Waals surface area contributed by atoms with Gasteiger partial charge in [0.15, 0.2) is 5.82 Å². The van der Waals surface area contributed by atoms with Gasteiger partial charge in [0, 0.05) is 5.41 Å². The molecule has 0 aliphatic rings. The second kappa shape index (κ2) is 4.20. The summed E-state index contributed by atoms with van der Waals surface area (Å²) in [6, 6.07) is 6.99. The molecule has 0 bridgehead atoms. The minimum Gasteiger partial charge on any atom is -0.508 e. The van der Waals surface area contributed by atoms with Crippen molar-refractivity contribution in [2.45, 2.75) is 32.6 Å². The number of phenols is 1. The Morgan fingerprint density at radius 1 is 1.18 bits per heavy atom. The van der Waals surface area contributed by atoms with Crippen LogP contribution in [0.4, 0.5) is 0 Å². The standard InChI is InChI=1S/C13H16N2O2/c1-13(2,3)12-14-11(17-15-12)8-9-4-6-10(16)7-5-9/h4-7,16H,8H2,1-3H3. The van der Waals surface area contributed by atoms with E-state index in [-0.39, 0.29) is 11.2 Å². The predicted molar refractivity (Wildman–Crippen MR) is 63.9 cm³/mol. The molecule has 17 heavy (non-hydrogen) atoms. The lowest BCUT2D eigenvalue weighted by atomic mass is 9.96. The van der Waals surface area contributed by atoms with Crippen LogP contribution in [0.5, 0.6) is 5.75 Å². The Kier molecular flexibility index (Phi) is 2.88. The molecular formula is C13H16N2O2. The maximum absolute atomic E-state index is 9.18. The Morgan fingerprint density at radius 2 is 1.82 bits per heavy atom. The van der Waals surface area contributed by atoms with Gasteiger partial charge < -0.3 is 9.63 Å². The van der Waals surface area contributed by atoms with Crippen molar-refractivity contribution in [3.8, 4) is 5.75 Å². The lowest BCUT2D eigenvalue weighted by Gasteiger charge is -2.10. The highest BCUT2D eigenvalue weighted by atomic mass is 16.5. The van der Waals surface area contributed by atoms with Crippen LogP contribution in [0.2, 0.25) is 0 Å². The zero-order valence-corrected chi connectivity index (χ0v) is 10.3. The van der Waals surface area contributed by atoms with Crippen LogP contribution in [0, 0.1) is 0 Å². The van der Waals surface area contributed by atoms with Crippen molar-refractivity contribution in [1.29, 1.82) is 0 Å². The van der Waals surface area contributed by atoms with Crippen molar-refractivity contribution in [3.63, 3.8) is 0 Å². The number of benzene rings is 1. The Bertz CT molecular complexity index is 495. The summed E-state index contributed by atoms with van der Waals surface area (Å²) >= 11 is 0. The molecule has 0 fully saturated rings. The summed E-state index contributed by atoms with van der Waals surface area (Å²) in [5.41, 5.74) is 0.934. The first-order valence-corrected chi connectivity index (χ1v) is 5.56. The van der Waals surface area contributed by atoms with Crippen LogP contribution in [0.25, 0.3) is 0 Å². The highest BCUT2D eigenvalue weighted by molar-refractivity contribution is 5.27. The topological polar surface area (TPSA) is 59.2 Å². The quantitative estimate of drug-likeness (QED) is 0.864. The molecule has 4 heteroatoms. The van der Waals surface area contributed by atoms with Crippen LogP contribution < -0.4 is 0 Å². The van der Waals surface area contributed by atoms with Crippen LogP contribution >= 0.6 is 0 Å². The first kappa shape index (κ1) is 11.6. The van der Waals surface area contributed by atoms with E-state index in [9.17, 15) is 5.11 Å². The number of rotatable bonds is 2. The average Bonchev–Trinajstić information content (AvgIpc) is 2.69. The first-order chi connectivity index (χ1) is 7.95. The van der Waals surface area contributed by atoms with Crippen molar-refractivity contribution in [2.24, 2.45) is 0 Å². The van der Waals surface area contributed by atoms with E-state index in [1.807, 2.05) is 32.9 Å². The molecule has 1 aromatic carbocycles. The van der Waals surface area contributed by atoms with E-state index in [0.717, 1.165) is 5.56 Å². The first-order valence-electron chi connectivity index (χ1n) is 5.56. The number of hydrogen-bond donors (Lipinski definition) is 1. The molecule has 90 valence electrons. The fraction of sp³-hybridized carbons (Fsp3) is 0.385. The van der Waals surface area contributed by atoms with E-state index in [1.165, 1.54) is 0 Å². The SMILES string of the molecule is CC(C)(C)c1noc(Cc2ccc(O)cc2)n1. The molecular weight excluding hydrogens is 216 g/mol. The molecule has 1 aromatic heterocycles. The Labute approximate surface area is 100 Å². The molecule has 0 aliphatic heterocycles. The molecule has 0 radical (unpaired) electrons. The molecule has 4 nitrogen and oxygen atoms in total. The zero-order valence-electron chi connectivity index (χ0n) is 10.3. The van der Waals surface area contributed by atoms with Gasteiger partial charge in [-0.05, 0) is 17.7 Å². The summed E-state index contributed by atoms with van der Waals surface area (Å²) in [4.78, 5) is 4.36. The van der Waals surface area contributed by atoms with Crippen molar-refractivity contribution in [3.05, 3.63) is 41.5 Å². The van der Waals surface area contributed by atoms with Gasteiger partial charge in [0.25, 0.3) is 0 Å². The number of phenolic OH excluding ortho intramolecular Hbond substituents is 1. The van der Waals surface area contributed by atoms with Gasteiger partial charge in [-0.3, -0.25) is 0 Å². The van der Waals surface area contributed by atoms with E-state index >= 15 is 0 Å². The van der Waals surface area contributed by atoms with Gasteiger partial charge in [-0.25, -0.2) is 0 Å². The normalized spacial score (nSPS) is 11.7. The van der Waals surface area contributed by atoms with Crippen LogP contribution in [-0.2, 0) is 11.8 Å². The van der Waals surface area contributed by atoms with Gasteiger partial charge >= 0.3 is 0 Å². The lowest BCUT2D eigenvalue weighted by molar-refractivity contribution is 0.368. The molecule has 0 spiro atoms. The summed E-state index contributed by atoms with van der Waals surface area (Å²) in [5.74, 6) is 1.57. The highest BCUT2D eigenvalue weighted by Gasteiger charge is 2.20. The summed E-state index contributed by atoms with van der Waals surface area (Å²) < 4.78 is 5.20. The number of nitrogens with zero attached hydrogens (tertiary/aromatic N) is 2. The average molecular weight is 232 g/mol. The maximum Gasteiger partial charge on any atom is 0.231 e. The minimum atomic E-state index is -0.100. The van der Waals surface area contributed by atoms with Crippen molar-refractivity contribution in [2.75, 3.05) is 0 Å². The largest absolute Gasteiger partial charge is 0.508 e. The van der Waals surface area contributed by atoms with E-state index in [0.29, 0.717) is 18.1 Å². The van der Waals surface area contributed by atoms with Crippen LogP contribution in [-0.4, -0.2) is 15.2 Å². The summed E-state index contributed by atoms with van der Waals surface area (Å²) in [5, 5.41) is 13.1. The smallest absolute Gasteiger partial charge is 0.231 e. The van der Waals surface area contributed by atoms with Crippen LogP contribution in [0.3, 0.4) is 0 Å². The molecule has 0 aliphatic carbocycles. The third-order valence-corrected chi connectivity index (χ3v) is 2.43. The Balaban J connectivity index is 2.14. The van der Waals surface area contributed by atoms with Gasteiger partial charge in [-0.15, -0.1) is 0 Å². The summed E-state index contributed by atoms with van der Waals surface area (Å²) in [6.45, 7) is 6.13. The van der Waals surface area contributed by atoms with E-state index in [2.05, 4.69) is 10.1 Å².